The van der Waals surface area contributed by atoms with Crippen LogP contribution in [0.1, 0.15) is 19.4 Å². The second kappa shape index (κ2) is 9.96. The summed E-state index contributed by atoms with van der Waals surface area (Å²) >= 11 is 0. The third-order valence-electron chi connectivity index (χ3n) is 3.88. The highest BCUT2D eigenvalue weighted by Crippen LogP contribution is 2.19. The molecule has 0 aliphatic carbocycles. The van der Waals surface area contributed by atoms with E-state index >= 15 is 0 Å². The number of nitrogens with zero attached hydrogens (tertiary/aromatic N) is 1. The van der Waals surface area contributed by atoms with Crippen molar-refractivity contribution in [2.24, 2.45) is 0 Å². The van der Waals surface area contributed by atoms with Crippen molar-refractivity contribution in [2.45, 2.75) is 26.6 Å². The van der Waals surface area contributed by atoms with Crippen molar-refractivity contribution in [3.05, 3.63) is 60.2 Å². The molecule has 4 nitrogen and oxygen atoms in total. The number of benzene rings is 2. The third kappa shape index (κ3) is 6.22. The van der Waals surface area contributed by atoms with Crippen molar-refractivity contribution in [3.63, 3.8) is 0 Å². The summed E-state index contributed by atoms with van der Waals surface area (Å²) in [6.07, 6.45) is -0.487. The molecule has 0 saturated carbocycles. The van der Waals surface area contributed by atoms with Crippen LogP contribution in [0.25, 0.3) is 0 Å². The van der Waals surface area contributed by atoms with Crippen LogP contribution in [0.4, 0.5) is 0 Å². The Kier molecular flexibility index (Phi) is 7.59. The van der Waals surface area contributed by atoms with E-state index in [1.54, 1.807) is 0 Å². The van der Waals surface area contributed by atoms with Crippen molar-refractivity contribution in [3.8, 4) is 11.5 Å². The quantitative estimate of drug-likeness (QED) is 0.726. The van der Waals surface area contributed by atoms with Crippen LogP contribution < -0.4 is 9.47 Å². The molecule has 0 spiro atoms. The van der Waals surface area contributed by atoms with Crippen molar-refractivity contribution in [2.75, 3.05) is 26.2 Å². The summed E-state index contributed by atoms with van der Waals surface area (Å²) in [7, 11) is 0. The molecule has 130 valence electrons. The predicted octanol–water partition coefficient (Wildman–Crippen LogP) is 3.35. The number of aliphatic hydroxyl groups is 1. The van der Waals surface area contributed by atoms with Gasteiger partial charge in [-0.15, -0.1) is 0 Å². The third-order valence-corrected chi connectivity index (χ3v) is 3.88. The minimum Gasteiger partial charge on any atom is -0.491 e. The lowest BCUT2D eigenvalue weighted by atomic mass is 10.2. The zero-order valence-corrected chi connectivity index (χ0v) is 14.5. The van der Waals surface area contributed by atoms with Gasteiger partial charge in [-0.2, -0.15) is 0 Å². The highest BCUT2D eigenvalue weighted by molar-refractivity contribution is 5.31. The lowest BCUT2D eigenvalue weighted by molar-refractivity contribution is 0.0716. The van der Waals surface area contributed by atoms with E-state index in [0.717, 1.165) is 30.2 Å². The van der Waals surface area contributed by atoms with Crippen LogP contribution in [0, 0.1) is 0 Å². The van der Waals surface area contributed by atoms with E-state index in [1.807, 2.05) is 54.6 Å². The first-order valence-electron chi connectivity index (χ1n) is 8.51. The van der Waals surface area contributed by atoms with E-state index < -0.39 is 6.10 Å². The second-order valence-corrected chi connectivity index (χ2v) is 5.70. The zero-order chi connectivity index (χ0) is 17.2. The van der Waals surface area contributed by atoms with Crippen LogP contribution in [0.5, 0.6) is 11.5 Å². The first-order valence-corrected chi connectivity index (χ1v) is 8.51. The first-order chi connectivity index (χ1) is 11.7. The Morgan fingerprint density at radius 3 is 2.04 bits per heavy atom. The Morgan fingerprint density at radius 2 is 1.46 bits per heavy atom. The van der Waals surface area contributed by atoms with Crippen LogP contribution in [0.3, 0.4) is 0 Å². The van der Waals surface area contributed by atoms with Crippen molar-refractivity contribution in [1.82, 2.24) is 4.90 Å². The molecule has 4 heteroatoms. The first kappa shape index (κ1) is 18.3. The van der Waals surface area contributed by atoms with E-state index in [2.05, 4.69) is 18.7 Å². The second-order valence-electron chi connectivity index (χ2n) is 5.70. The number of hydrogen-bond acceptors (Lipinski definition) is 4. The number of ether oxygens (including phenoxy) is 2. The van der Waals surface area contributed by atoms with E-state index in [0.29, 0.717) is 19.8 Å². The average Bonchev–Trinajstić information content (AvgIpc) is 2.64. The molecule has 2 aromatic carbocycles. The van der Waals surface area contributed by atoms with Crippen molar-refractivity contribution in [1.29, 1.82) is 0 Å². The molecule has 0 saturated heterocycles. The maximum absolute atomic E-state index is 10.0. The molecule has 2 aromatic rings. The number of aliphatic hydroxyl groups excluding tert-OH is 1. The molecule has 0 aromatic heterocycles. The van der Waals surface area contributed by atoms with Crippen LogP contribution >= 0.6 is 0 Å². The summed E-state index contributed by atoms with van der Waals surface area (Å²) < 4.78 is 11.4. The van der Waals surface area contributed by atoms with Gasteiger partial charge < -0.3 is 19.5 Å². The molecule has 0 amide bonds. The molecular weight excluding hydrogens is 302 g/mol. The minimum absolute atomic E-state index is 0.292. The van der Waals surface area contributed by atoms with Gasteiger partial charge >= 0.3 is 0 Å². The average molecular weight is 329 g/mol. The van der Waals surface area contributed by atoms with Gasteiger partial charge in [0, 0.05) is 6.54 Å². The van der Waals surface area contributed by atoms with Gasteiger partial charge in [0.2, 0.25) is 0 Å². The SMILES string of the molecule is CCN(CC)C[C@@H](O)COc1ccc(OCc2ccccc2)cc1. The highest BCUT2D eigenvalue weighted by Gasteiger charge is 2.09. The molecule has 0 aliphatic rings. The van der Waals surface area contributed by atoms with Gasteiger partial charge in [0.15, 0.2) is 0 Å². The zero-order valence-electron chi connectivity index (χ0n) is 14.5. The monoisotopic (exact) mass is 329 g/mol. The summed E-state index contributed by atoms with van der Waals surface area (Å²) in [6.45, 7) is 7.51. The Labute approximate surface area is 144 Å². The molecule has 0 heterocycles. The van der Waals surface area contributed by atoms with Crippen LogP contribution in [-0.4, -0.2) is 42.4 Å². The lowest BCUT2D eigenvalue weighted by Crippen LogP contribution is -2.35. The van der Waals surface area contributed by atoms with Gasteiger partial charge in [-0.05, 0) is 42.9 Å². The summed E-state index contributed by atoms with van der Waals surface area (Å²) in [4.78, 5) is 2.18. The maximum atomic E-state index is 10.0. The fourth-order valence-corrected chi connectivity index (χ4v) is 2.40. The predicted molar refractivity (Wildman–Crippen MR) is 96.5 cm³/mol. The molecular formula is C20H27NO3. The molecule has 0 radical (unpaired) electrons. The van der Waals surface area contributed by atoms with Gasteiger partial charge in [0.25, 0.3) is 0 Å². The van der Waals surface area contributed by atoms with E-state index in [-0.39, 0.29) is 0 Å². The lowest BCUT2D eigenvalue weighted by Gasteiger charge is -2.21. The van der Waals surface area contributed by atoms with E-state index in [9.17, 15) is 5.11 Å². The summed E-state index contributed by atoms with van der Waals surface area (Å²) in [5.41, 5.74) is 1.14. The Balaban J connectivity index is 1.75. The van der Waals surface area contributed by atoms with Gasteiger partial charge in [0.05, 0.1) is 0 Å². The minimum atomic E-state index is -0.487. The Morgan fingerprint density at radius 1 is 0.875 bits per heavy atom. The highest BCUT2D eigenvalue weighted by atomic mass is 16.5. The number of likely N-dealkylation sites (N-methyl/N-ethyl adjacent to an activating group) is 1. The molecule has 24 heavy (non-hydrogen) atoms. The standard InChI is InChI=1S/C20H27NO3/c1-3-21(4-2)14-18(22)16-24-20-12-10-19(11-13-20)23-15-17-8-6-5-7-9-17/h5-13,18,22H,3-4,14-16H2,1-2H3/t18-/m1/s1. The summed E-state index contributed by atoms with van der Waals surface area (Å²) in [5.74, 6) is 1.54. The Bertz CT molecular complexity index is 567. The van der Waals surface area contributed by atoms with Crippen molar-refractivity contribution < 1.29 is 14.6 Å². The molecule has 0 bridgehead atoms. The number of rotatable bonds is 10. The summed E-state index contributed by atoms with van der Waals surface area (Å²) in [6, 6.07) is 17.6. The molecule has 0 unspecified atom stereocenters. The fraction of sp³-hybridized carbons (Fsp3) is 0.400. The molecule has 2 rings (SSSR count). The van der Waals surface area contributed by atoms with Gasteiger partial charge in [-0.3, -0.25) is 0 Å². The largest absolute Gasteiger partial charge is 0.491 e. The number of hydrogen-bond donors (Lipinski definition) is 1. The topological polar surface area (TPSA) is 41.9 Å². The molecule has 0 fully saturated rings. The maximum Gasteiger partial charge on any atom is 0.120 e. The van der Waals surface area contributed by atoms with E-state index in [4.69, 9.17) is 9.47 Å². The smallest absolute Gasteiger partial charge is 0.120 e. The van der Waals surface area contributed by atoms with Gasteiger partial charge in [0.1, 0.15) is 30.8 Å². The van der Waals surface area contributed by atoms with Gasteiger partial charge in [-0.1, -0.05) is 44.2 Å². The van der Waals surface area contributed by atoms with Crippen molar-refractivity contribution >= 4 is 0 Å². The normalized spacial score (nSPS) is 12.2. The van der Waals surface area contributed by atoms with Crippen LogP contribution in [-0.2, 0) is 6.61 Å². The molecule has 1 N–H and O–H groups in total. The van der Waals surface area contributed by atoms with Gasteiger partial charge in [-0.25, -0.2) is 0 Å². The van der Waals surface area contributed by atoms with Crippen LogP contribution in [0.15, 0.2) is 54.6 Å². The molecule has 0 aliphatic heterocycles. The fourth-order valence-electron chi connectivity index (χ4n) is 2.40. The Hall–Kier alpha value is -2.04. The molecule has 1 atom stereocenters. The summed E-state index contributed by atoms with van der Waals surface area (Å²) in [5, 5.41) is 10.0. The van der Waals surface area contributed by atoms with E-state index in [1.165, 1.54) is 0 Å². The van der Waals surface area contributed by atoms with Crippen LogP contribution in [0.2, 0.25) is 0 Å².